The van der Waals surface area contributed by atoms with Gasteiger partial charge in [0.05, 0.1) is 5.75 Å². The number of nitrogens with zero attached hydrogens (tertiary/aromatic N) is 3. The number of aryl methyl sites for hydroxylation is 1. The first-order valence-electron chi connectivity index (χ1n) is 8.48. The van der Waals surface area contributed by atoms with E-state index < -0.39 is 0 Å². The molecule has 0 aliphatic rings. The Labute approximate surface area is 166 Å². The van der Waals surface area contributed by atoms with Gasteiger partial charge in [0.25, 0.3) is 0 Å². The van der Waals surface area contributed by atoms with E-state index in [1.54, 1.807) is 11.8 Å². The lowest BCUT2D eigenvalue weighted by atomic mass is 10.1. The lowest BCUT2D eigenvalue weighted by molar-refractivity contribution is -0.118. The summed E-state index contributed by atoms with van der Waals surface area (Å²) in [6.07, 6.45) is 0. The SMILES string of the molecule is Cc1ccc(-c2nnc(SCC(=O)NCCSc3ccccc3)n2N)cc1. The summed E-state index contributed by atoms with van der Waals surface area (Å²) >= 11 is 2.99. The number of nitrogen functional groups attached to an aromatic ring is 1. The smallest absolute Gasteiger partial charge is 0.230 e. The minimum Gasteiger partial charge on any atom is -0.355 e. The van der Waals surface area contributed by atoms with Crippen molar-refractivity contribution in [2.45, 2.75) is 17.0 Å². The molecule has 3 N–H and O–H groups in total. The molecule has 0 bridgehead atoms. The van der Waals surface area contributed by atoms with Crippen molar-refractivity contribution < 1.29 is 4.79 Å². The highest BCUT2D eigenvalue weighted by Gasteiger charge is 2.13. The average Bonchev–Trinajstić information content (AvgIpc) is 3.05. The van der Waals surface area contributed by atoms with Crippen LogP contribution in [0.25, 0.3) is 11.4 Å². The number of hydrogen-bond acceptors (Lipinski definition) is 6. The van der Waals surface area contributed by atoms with Crippen LogP contribution in [-0.2, 0) is 4.79 Å². The van der Waals surface area contributed by atoms with Gasteiger partial charge in [-0.05, 0) is 19.1 Å². The highest BCUT2D eigenvalue weighted by Crippen LogP contribution is 2.21. The number of rotatable bonds is 8. The maximum atomic E-state index is 12.0. The molecule has 27 heavy (non-hydrogen) atoms. The molecule has 3 rings (SSSR count). The summed E-state index contributed by atoms with van der Waals surface area (Å²) in [5.74, 6) is 7.69. The molecule has 0 aliphatic carbocycles. The average molecular weight is 400 g/mol. The predicted molar refractivity (Wildman–Crippen MR) is 111 cm³/mol. The molecule has 0 unspecified atom stereocenters. The number of carbonyl (C=O) groups is 1. The second-order valence-electron chi connectivity index (χ2n) is 5.84. The standard InChI is InChI=1S/C19H21N5OS2/c1-14-7-9-15(10-8-14)18-22-23-19(24(18)20)27-13-17(25)21-11-12-26-16-5-3-2-4-6-16/h2-10H,11-13,20H2,1H3,(H,21,25). The van der Waals surface area contributed by atoms with Crippen LogP contribution in [0.1, 0.15) is 5.56 Å². The van der Waals surface area contributed by atoms with E-state index in [1.165, 1.54) is 26.9 Å². The molecule has 1 amide bonds. The molecule has 1 heterocycles. The Hall–Kier alpha value is -2.45. The van der Waals surface area contributed by atoms with Crippen molar-refractivity contribution in [2.24, 2.45) is 0 Å². The molecular weight excluding hydrogens is 378 g/mol. The maximum absolute atomic E-state index is 12.0. The largest absolute Gasteiger partial charge is 0.355 e. The third kappa shape index (κ3) is 5.51. The first-order valence-corrected chi connectivity index (χ1v) is 10.5. The summed E-state index contributed by atoms with van der Waals surface area (Å²) in [4.78, 5) is 13.2. The van der Waals surface area contributed by atoms with Gasteiger partial charge in [-0.3, -0.25) is 4.79 Å². The summed E-state index contributed by atoms with van der Waals surface area (Å²) in [5, 5.41) is 11.6. The number of aromatic nitrogens is 3. The van der Waals surface area contributed by atoms with Crippen LogP contribution in [0.2, 0.25) is 0 Å². The third-order valence-electron chi connectivity index (χ3n) is 3.74. The molecule has 3 aromatic rings. The zero-order valence-corrected chi connectivity index (χ0v) is 16.6. The van der Waals surface area contributed by atoms with Crippen molar-refractivity contribution in [3.8, 4) is 11.4 Å². The maximum Gasteiger partial charge on any atom is 0.230 e. The Bertz CT molecular complexity index is 881. The first kappa shape index (κ1) is 19.3. The van der Waals surface area contributed by atoms with Gasteiger partial charge in [0, 0.05) is 22.8 Å². The summed E-state index contributed by atoms with van der Waals surface area (Å²) < 4.78 is 1.42. The van der Waals surface area contributed by atoms with E-state index in [4.69, 9.17) is 5.84 Å². The van der Waals surface area contributed by atoms with Crippen LogP contribution < -0.4 is 11.2 Å². The van der Waals surface area contributed by atoms with Crippen LogP contribution in [0.3, 0.4) is 0 Å². The third-order valence-corrected chi connectivity index (χ3v) is 5.70. The molecule has 8 heteroatoms. The molecule has 0 saturated heterocycles. The quantitative estimate of drug-likeness (QED) is 0.344. The van der Waals surface area contributed by atoms with E-state index in [0.29, 0.717) is 17.5 Å². The molecule has 2 aromatic carbocycles. The zero-order chi connectivity index (χ0) is 19.1. The van der Waals surface area contributed by atoms with Gasteiger partial charge in [0.15, 0.2) is 5.82 Å². The van der Waals surface area contributed by atoms with E-state index in [1.807, 2.05) is 49.4 Å². The normalized spacial score (nSPS) is 10.7. The second kappa shape index (κ2) is 9.48. The van der Waals surface area contributed by atoms with E-state index in [9.17, 15) is 4.79 Å². The molecule has 6 nitrogen and oxygen atoms in total. The number of amides is 1. The Morgan fingerprint density at radius 3 is 2.56 bits per heavy atom. The molecule has 140 valence electrons. The molecule has 0 spiro atoms. The predicted octanol–water partition coefficient (Wildman–Crippen LogP) is 2.97. The fraction of sp³-hybridized carbons (Fsp3) is 0.211. The fourth-order valence-electron chi connectivity index (χ4n) is 2.33. The van der Waals surface area contributed by atoms with Crippen LogP contribution >= 0.6 is 23.5 Å². The van der Waals surface area contributed by atoms with Crippen LogP contribution in [0.15, 0.2) is 64.6 Å². The monoisotopic (exact) mass is 399 g/mol. The number of thioether (sulfide) groups is 2. The van der Waals surface area contributed by atoms with Gasteiger partial charge in [-0.1, -0.05) is 59.8 Å². The van der Waals surface area contributed by atoms with Crippen molar-refractivity contribution in [1.29, 1.82) is 0 Å². The Balaban J connectivity index is 1.44. The van der Waals surface area contributed by atoms with Gasteiger partial charge < -0.3 is 11.2 Å². The summed E-state index contributed by atoms with van der Waals surface area (Å²) in [6.45, 7) is 2.64. The highest BCUT2D eigenvalue weighted by molar-refractivity contribution is 7.99. The fourth-order valence-corrected chi connectivity index (χ4v) is 3.81. The molecule has 1 aromatic heterocycles. The minimum absolute atomic E-state index is 0.0476. The van der Waals surface area contributed by atoms with Crippen molar-refractivity contribution in [3.63, 3.8) is 0 Å². The van der Waals surface area contributed by atoms with E-state index >= 15 is 0 Å². The number of hydrogen-bond donors (Lipinski definition) is 2. The number of nitrogens with one attached hydrogen (secondary N) is 1. The minimum atomic E-state index is -0.0476. The van der Waals surface area contributed by atoms with Crippen LogP contribution in [0.5, 0.6) is 0 Å². The molecular formula is C19H21N5OS2. The Kier molecular flexibility index (Phi) is 6.78. The zero-order valence-electron chi connectivity index (χ0n) is 15.0. The lowest BCUT2D eigenvalue weighted by Gasteiger charge is -2.06. The lowest BCUT2D eigenvalue weighted by Crippen LogP contribution is -2.27. The van der Waals surface area contributed by atoms with E-state index in [0.717, 1.165) is 11.3 Å². The van der Waals surface area contributed by atoms with Crippen LogP contribution in [0.4, 0.5) is 0 Å². The molecule has 0 saturated carbocycles. The topological polar surface area (TPSA) is 85.8 Å². The van der Waals surface area contributed by atoms with Crippen molar-refractivity contribution in [1.82, 2.24) is 20.2 Å². The van der Waals surface area contributed by atoms with Gasteiger partial charge in [0.1, 0.15) is 0 Å². The molecule has 0 radical (unpaired) electrons. The molecule has 0 fully saturated rings. The summed E-state index contributed by atoms with van der Waals surface area (Å²) in [6, 6.07) is 18.0. The van der Waals surface area contributed by atoms with Gasteiger partial charge in [0.2, 0.25) is 11.1 Å². The first-order chi connectivity index (χ1) is 13.1. The Morgan fingerprint density at radius 2 is 1.81 bits per heavy atom. The van der Waals surface area contributed by atoms with Crippen molar-refractivity contribution >= 4 is 29.4 Å². The second-order valence-corrected chi connectivity index (χ2v) is 7.95. The molecule has 0 atom stereocenters. The number of carbonyl (C=O) groups excluding carboxylic acids is 1. The van der Waals surface area contributed by atoms with Gasteiger partial charge in [-0.2, -0.15) is 0 Å². The molecule has 0 aliphatic heterocycles. The van der Waals surface area contributed by atoms with E-state index in [-0.39, 0.29) is 11.7 Å². The number of benzene rings is 2. The number of nitrogens with two attached hydrogens (primary N) is 1. The van der Waals surface area contributed by atoms with Gasteiger partial charge in [-0.25, -0.2) is 4.68 Å². The summed E-state index contributed by atoms with van der Waals surface area (Å²) in [7, 11) is 0. The Morgan fingerprint density at radius 1 is 1.07 bits per heavy atom. The van der Waals surface area contributed by atoms with Crippen LogP contribution in [-0.4, -0.2) is 38.8 Å². The highest BCUT2D eigenvalue weighted by atomic mass is 32.2. The van der Waals surface area contributed by atoms with Crippen molar-refractivity contribution in [3.05, 3.63) is 60.2 Å². The van der Waals surface area contributed by atoms with E-state index in [2.05, 4.69) is 27.6 Å². The van der Waals surface area contributed by atoms with Gasteiger partial charge in [-0.15, -0.1) is 22.0 Å². The van der Waals surface area contributed by atoms with Crippen LogP contribution in [0, 0.1) is 6.92 Å². The summed E-state index contributed by atoms with van der Waals surface area (Å²) in [5.41, 5.74) is 2.06. The van der Waals surface area contributed by atoms with Crippen molar-refractivity contribution in [2.75, 3.05) is 23.9 Å². The van der Waals surface area contributed by atoms with Gasteiger partial charge >= 0.3 is 0 Å².